The summed E-state index contributed by atoms with van der Waals surface area (Å²) in [4.78, 5) is 16.2. The van der Waals surface area contributed by atoms with E-state index in [9.17, 15) is 10.1 Å². The highest BCUT2D eigenvalue weighted by atomic mass is 32.2. The van der Waals surface area contributed by atoms with E-state index in [0.717, 1.165) is 5.52 Å². The van der Waals surface area contributed by atoms with Gasteiger partial charge in [-0.1, -0.05) is 37.7 Å². The second-order valence-corrected chi connectivity index (χ2v) is 6.18. The molecule has 0 radical (unpaired) electrons. The Balaban J connectivity index is 1.96. The van der Waals surface area contributed by atoms with Crippen LogP contribution in [0.3, 0.4) is 0 Å². The van der Waals surface area contributed by atoms with Crippen LogP contribution in [0.2, 0.25) is 0 Å². The molecule has 1 N–H and O–H groups in total. The van der Waals surface area contributed by atoms with Gasteiger partial charge in [0.1, 0.15) is 11.1 Å². The molecule has 0 bridgehead atoms. The maximum atomic E-state index is 12.0. The van der Waals surface area contributed by atoms with Gasteiger partial charge in [0, 0.05) is 0 Å². The number of rotatable bonds is 5. The van der Waals surface area contributed by atoms with Crippen molar-refractivity contribution < 1.29 is 9.21 Å². The summed E-state index contributed by atoms with van der Waals surface area (Å²) < 4.78 is 5.53. The number of carbonyl (C=O) groups is 1. The van der Waals surface area contributed by atoms with Crippen LogP contribution in [0.4, 0.5) is 0 Å². The number of benzene rings is 1. The van der Waals surface area contributed by atoms with E-state index in [0.29, 0.717) is 10.8 Å². The number of hydrogen-bond acceptors (Lipinski definition) is 5. The number of hydrogen-bond donors (Lipinski definition) is 1. The fourth-order valence-electron chi connectivity index (χ4n) is 1.67. The molecule has 2 aromatic rings. The monoisotopic (exact) mass is 303 g/mol. The number of para-hydroxylation sites is 2. The topological polar surface area (TPSA) is 78.9 Å². The van der Waals surface area contributed by atoms with E-state index >= 15 is 0 Å². The molecule has 0 aliphatic heterocycles. The summed E-state index contributed by atoms with van der Waals surface area (Å²) in [6.07, 6.45) is 0. The molecule has 0 aliphatic rings. The maximum absolute atomic E-state index is 12.0. The minimum atomic E-state index is -0.862. The predicted octanol–water partition coefficient (Wildman–Crippen LogP) is 2.97. The molecule has 0 aliphatic carbocycles. The lowest BCUT2D eigenvalue weighted by atomic mass is 9.90. The molecular formula is C15H17N3O2S. The largest absolute Gasteiger partial charge is 0.431 e. The summed E-state index contributed by atoms with van der Waals surface area (Å²) in [5.41, 5.74) is 0.604. The predicted molar refractivity (Wildman–Crippen MR) is 81.7 cm³/mol. The second kappa shape index (κ2) is 6.19. The van der Waals surface area contributed by atoms with Crippen LogP contribution in [0, 0.1) is 17.2 Å². The van der Waals surface area contributed by atoms with E-state index in [2.05, 4.69) is 16.4 Å². The molecule has 5 nitrogen and oxygen atoms in total. The number of amides is 1. The Labute approximate surface area is 127 Å². The molecule has 0 unspecified atom stereocenters. The van der Waals surface area contributed by atoms with Crippen LogP contribution in [-0.4, -0.2) is 22.2 Å². The van der Waals surface area contributed by atoms with Crippen LogP contribution in [0.1, 0.15) is 20.8 Å². The Morgan fingerprint density at radius 3 is 2.86 bits per heavy atom. The van der Waals surface area contributed by atoms with E-state index in [1.165, 1.54) is 11.8 Å². The van der Waals surface area contributed by atoms with E-state index in [-0.39, 0.29) is 17.6 Å². The molecule has 21 heavy (non-hydrogen) atoms. The van der Waals surface area contributed by atoms with Gasteiger partial charge >= 0.3 is 0 Å². The second-order valence-electron chi connectivity index (χ2n) is 5.25. The number of aromatic nitrogens is 1. The summed E-state index contributed by atoms with van der Waals surface area (Å²) in [5, 5.41) is 12.4. The normalized spacial score (nSPS) is 13.9. The Bertz CT molecular complexity index is 657. The maximum Gasteiger partial charge on any atom is 0.257 e. The number of nitrogens with one attached hydrogen (secondary N) is 1. The van der Waals surface area contributed by atoms with Crippen LogP contribution >= 0.6 is 11.8 Å². The van der Waals surface area contributed by atoms with Gasteiger partial charge < -0.3 is 9.73 Å². The standard InChI is InChI=1S/C15H17N3O2S/c1-10(2)15(3,9-16)18-13(19)8-21-14-17-11-6-4-5-7-12(11)20-14/h4-7,10H,8H2,1-3H3,(H,18,19)/t15-/m1/s1. The minimum absolute atomic E-state index is 0.0285. The number of fused-ring (bicyclic) bond motifs is 1. The zero-order valence-corrected chi connectivity index (χ0v) is 13.0. The first kappa shape index (κ1) is 15.4. The SMILES string of the molecule is CC(C)[C@@](C)(C#N)NC(=O)CSc1nc2ccccc2o1. The number of nitrogens with zero attached hydrogens (tertiary/aromatic N) is 2. The molecule has 0 spiro atoms. The quantitative estimate of drug-likeness (QED) is 0.859. The van der Waals surface area contributed by atoms with Crippen LogP contribution < -0.4 is 5.32 Å². The van der Waals surface area contributed by atoms with Crippen LogP contribution in [0.5, 0.6) is 0 Å². The first-order chi connectivity index (χ1) is 9.94. The number of nitriles is 1. The average molecular weight is 303 g/mol. The molecule has 6 heteroatoms. The lowest BCUT2D eigenvalue weighted by Gasteiger charge is -2.27. The lowest BCUT2D eigenvalue weighted by Crippen LogP contribution is -2.49. The third kappa shape index (κ3) is 3.56. The van der Waals surface area contributed by atoms with Gasteiger partial charge in [-0.25, -0.2) is 4.98 Å². The number of oxazole rings is 1. The van der Waals surface area contributed by atoms with Gasteiger partial charge in [-0.05, 0) is 25.0 Å². The summed E-state index contributed by atoms with van der Waals surface area (Å²) in [6, 6.07) is 9.59. The van der Waals surface area contributed by atoms with Crippen molar-refractivity contribution in [1.82, 2.24) is 10.3 Å². The first-order valence-electron chi connectivity index (χ1n) is 6.65. The van der Waals surface area contributed by atoms with Crippen molar-refractivity contribution in [3.63, 3.8) is 0 Å². The molecule has 0 fully saturated rings. The molecule has 0 saturated carbocycles. The van der Waals surface area contributed by atoms with Crippen molar-refractivity contribution in [3.8, 4) is 6.07 Å². The smallest absolute Gasteiger partial charge is 0.257 e. The van der Waals surface area contributed by atoms with Crippen molar-refractivity contribution in [2.45, 2.75) is 31.5 Å². The molecule has 1 aromatic heterocycles. The lowest BCUT2D eigenvalue weighted by molar-refractivity contribution is -0.120. The van der Waals surface area contributed by atoms with Gasteiger partial charge in [0.15, 0.2) is 5.58 Å². The highest BCUT2D eigenvalue weighted by Crippen LogP contribution is 2.23. The summed E-state index contributed by atoms with van der Waals surface area (Å²) >= 11 is 1.22. The Morgan fingerprint density at radius 2 is 2.24 bits per heavy atom. The first-order valence-corrected chi connectivity index (χ1v) is 7.64. The molecule has 1 aromatic carbocycles. The molecule has 1 atom stereocenters. The van der Waals surface area contributed by atoms with Crippen LogP contribution in [0.25, 0.3) is 11.1 Å². The Kier molecular flexibility index (Phi) is 4.53. The Hall–Kier alpha value is -2.00. The number of carbonyl (C=O) groups excluding carboxylic acids is 1. The fourth-order valence-corrected chi connectivity index (χ4v) is 2.31. The molecule has 1 amide bonds. The molecular weight excluding hydrogens is 286 g/mol. The van der Waals surface area contributed by atoms with Gasteiger partial charge in [0.2, 0.25) is 5.91 Å². The summed E-state index contributed by atoms with van der Waals surface area (Å²) in [6.45, 7) is 5.52. The van der Waals surface area contributed by atoms with E-state index < -0.39 is 5.54 Å². The van der Waals surface area contributed by atoms with Gasteiger partial charge in [-0.2, -0.15) is 5.26 Å². The summed E-state index contributed by atoms with van der Waals surface area (Å²) in [5.74, 6) is -0.0163. The molecule has 2 rings (SSSR count). The fraction of sp³-hybridized carbons (Fsp3) is 0.400. The van der Waals surface area contributed by atoms with Crippen LogP contribution in [-0.2, 0) is 4.79 Å². The van der Waals surface area contributed by atoms with E-state index in [1.807, 2.05) is 38.1 Å². The highest BCUT2D eigenvalue weighted by molar-refractivity contribution is 7.99. The van der Waals surface area contributed by atoms with Gasteiger partial charge in [0.25, 0.3) is 5.22 Å². The zero-order chi connectivity index (χ0) is 15.5. The van der Waals surface area contributed by atoms with E-state index in [4.69, 9.17) is 4.42 Å². The van der Waals surface area contributed by atoms with Gasteiger partial charge in [0.05, 0.1) is 11.8 Å². The number of thioether (sulfide) groups is 1. The van der Waals surface area contributed by atoms with Crippen molar-refractivity contribution in [1.29, 1.82) is 5.26 Å². The third-order valence-corrected chi connectivity index (χ3v) is 4.22. The third-order valence-electron chi connectivity index (χ3n) is 3.39. The summed E-state index contributed by atoms with van der Waals surface area (Å²) in [7, 11) is 0. The molecule has 110 valence electrons. The minimum Gasteiger partial charge on any atom is -0.431 e. The molecule has 1 heterocycles. The van der Waals surface area contributed by atoms with Crippen molar-refractivity contribution in [2.75, 3.05) is 5.75 Å². The van der Waals surface area contributed by atoms with Gasteiger partial charge in [-0.3, -0.25) is 4.79 Å². The average Bonchev–Trinajstić information content (AvgIpc) is 2.87. The van der Waals surface area contributed by atoms with Gasteiger partial charge in [-0.15, -0.1) is 0 Å². The van der Waals surface area contributed by atoms with E-state index in [1.54, 1.807) is 6.92 Å². The van der Waals surface area contributed by atoms with Crippen molar-refractivity contribution in [3.05, 3.63) is 24.3 Å². The van der Waals surface area contributed by atoms with Crippen molar-refractivity contribution >= 4 is 28.8 Å². The zero-order valence-electron chi connectivity index (χ0n) is 12.2. The highest BCUT2D eigenvalue weighted by Gasteiger charge is 2.29. The van der Waals surface area contributed by atoms with Crippen molar-refractivity contribution in [2.24, 2.45) is 5.92 Å². The van der Waals surface area contributed by atoms with Crippen LogP contribution in [0.15, 0.2) is 33.9 Å². The molecule has 0 saturated heterocycles. The Morgan fingerprint density at radius 1 is 1.52 bits per heavy atom.